The highest BCUT2D eigenvalue weighted by Gasteiger charge is 2.05. The first kappa shape index (κ1) is 23.2. The van der Waals surface area contributed by atoms with Gasteiger partial charge in [0.25, 0.3) is 0 Å². The van der Waals surface area contributed by atoms with Crippen LogP contribution in [-0.4, -0.2) is 18.8 Å². The third kappa shape index (κ3) is 15.3. The molecule has 0 fully saturated rings. The maximum atomic E-state index is 7.00. The Hall–Kier alpha value is -1.12. The van der Waals surface area contributed by atoms with Crippen LogP contribution in [0, 0.1) is 5.92 Å². The Bertz CT molecular complexity index is 309. The lowest BCUT2D eigenvalue weighted by molar-refractivity contribution is 0.0820. The molecule has 2 heteroatoms. The van der Waals surface area contributed by atoms with Gasteiger partial charge in [0.2, 0.25) is 0 Å². The predicted octanol–water partition coefficient (Wildman–Crippen LogP) is 5.61. The minimum Gasteiger partial charge on any atom is -0.400 e. The standard InChI is InChI=1S/C15H24O.C4H8.CH4O/c1-3-5-9-14(4-2)12-16-13-15-10-7-6-8-11-15;1-3-4-2;1-2/h6-8,10-11,14H,3-5,9,12-13H2,1-2H3;3H,1,4H2,2H3;2H,1H3. The van der Waals surface area contributed by atoms with Gasteiger partial charge < -0.3 is 9.84 Å². The summed E-state index contributed by atoms with van der Waals surface area (Å²) >= 11 is 0. The molecule has 1 aromatic carbocycles. The van der Waals surface area contributed by atoms with Gasteiger partial charge in [-0.15, -0.1) is 6.58 Å². The van der Waals surface area contributed by atoms with Gasteiger partial charge >= 0.3 is 0 Å². The van der Waals surface area contributed by atoms with Crippen molar-refractivity contribution in [2.45, 2.75) is 59.5 Å². The maximum Gasteiger partial charge on any atom is 0.0717 e. The van der Waals surface area contributed by atoms with Gasteiger partial charge in [-0.2, -0.15) is 0 Å². The second-order valence-electron chi connectivity index (χ2n) is 5.11. The summed E-state index contributed by atoms with van der Waals surface area (Å²) in [4.78, 5) is 0. The third-order valence-corrected chi connectivity index (χ3v) is 3.30. The van der Waals surface area contributed by atoms with Crippen LogP contribution in [0.3, 0.4) is 0 Å². The average Bonchev–Trinajstić information content (AvgIpc) is 2.60. The monoisotopic (exact) mass is 308 g/mol. The average molecular weight is 309 g/mol. The fraction of sp³-hybridized carbons (Fsp3) is 0.600. The molecule has 0 aliphatic heterocycles. The first-order chi connectivity index (χ1) is 10.8. The first-order valence-electron chi connectivity index (χ1n) is 8.45. The molecule has 2 nitrogen and oxygen atoms in total. The van der Waals surface area contributed by atoms with Crippen molar-refractivity contribution in [1.82, 2.24) is 0 Å². The molecule has 0 radical (unpaired) electrons. The second kappa shape index (κ2) is 19.9. The molecule has 1 aromatic rings. The fourth-order valence-electron chi connectivity index (χ4n) is 1.82. The van der Waals surface area contributed by atoms with Crippen LogP contribution in [0.5, 0.6) is 0 Å². The van der Waals surface area contributed by atoms with Crippen molar-refractivity contribution in [3.05, 3.63) is 48.6 Å². The Morgan fingerprint density at radius 2 is 1.73 bits per heavy atom. The van der Waals surface area contributed by atoms with Crippen molar-refractivity contribution < 1.29 is 9.84 Å². The van der Waals surface area contributed by atoms with E-state index in [0.29, 0.717) is 0 Å². The molecule has 0 aliphatic rings. The van der Waals surface area contributed by atoms with E-state index in [0.717, 1.165) is 32.7 Å². The molecule has 1 atom stereocenters. The van der Waals surface area contributed by atoms with Crippen molar-refractivity contribution in [2.24, 2.45) is 5.92 Å². The Morgan fingerprint density at radius 3 is 2.18 bits per heavy atom. The highest BCUT2D eigenvalue weighted by atomic mass is 16.5. The zero-order chi connectivity index (χ0) is 17.1. The lowest BCUT2D eigenvalue weighted by atomic mass is 10.0. The molecule has 0 aliphatic carbocycles. The van der Waals surface area contributed by atoms with E-state index in [2.05, 4.69) is 51.6 Å². The normalized spacial score (nSPS) is 10.6. The third-order valence-electron chi connectivity index (χ3n) is 3.30. The lowest BCUT2D eigenvalue weighted by Gasteiger charge is -2.14. The number of unbranched alkanes of at least 4 members (excludes halogenated alkanes) is 1. The van der Waals surface area contributed by atoms with Crippen molar-refractivity contribution in [1.29, 1.82) is 0 Å². The van der Waals surface area contributed by atoms with Gasteiger partial charge in [-0.1, -0.05) is 76.4 Å². The minimum absolute atomic E-state index is 0.740. The van der Waals surface area contributed by atoms with E-state index in [1.807, 2.05) is 12.1 Å². The van der Waals surface area contributed by atoms with Gasteiger partial charge in [0, 0.05) is 13.7 Å². The number of hydrogen-bond acceptors (Lipinski definition) is 2. The highest BCUT2D eigenvalue weighted by molar-refractivity contribution is 5.13. The van der Waals surface area contributed by atoms with Gasteiger partial charge in [0.15, 0.2) is 0 Å². The molecule has 1 rings (SSSR count). The van der Waals surface area contributed by atoms with Crippen LogP contribution in [0.15, 0.2) is 43.0 Å². The molecule has 0 amide bonds. The van der Waals surface area contributed by atoms with Crippen LogP contribution in [0.25, 0.3) is 0 Å². The summed E-state index contributed by atoms with van der Waals surface area (Å²) in [6.45, 7) is 11.7. The maximum absolute atomic E-state index is 7.00. The number of aliphatic hydroxyl groups is 1. The molecule has 0 heterocycles. The minimum atomic E-state index is 0.740. The zero-order valence-corrected chi connectivity index (χ0v) is 15.1. The topological polar surface area (TPSA) is 29.5 Å². The van der Waals surface area contributed by atoms with Crippen molar-refractivity contribution >= 4 is 0 Å². The summed E-state index contributed by atoms with van der Waals surface area (Å²) in [6.07, 6.45) is 8.11. The van der Waals surface area contributed by atoms with E-state index in [1.165, 1.54) is 31.2 Å². The number of hydrogen-bond donors (Lipinski definition) is 1. The van der Waals surface area contributed by atoms with Crippen molar-refractivity contribution in [3.8, 4) is 0 Å². The molecular weight excluding hydrogens is 272 g/mol. The Labute approximate surface area is 138 Å². The Kier molecular flexibility index (Phi) is 20.9. The second-order valence-corrected chi connectivity index (χ2v) is 5.11. The number of aliphatic hydroxyl groups excluding tert-OH is 1. The van der Waals surface area contributed by atoms with Crippen molar-refractivity contribution in [3.63, 3.8) is 0 Å². The summed E-state index contributed by atoms with van der Waals surface area (Å²) < 4.78 is 5.77. The molecule has 0 saturated carbocycles. The molecule has 128 valence electrons. The molecule has 22 heavy (non-hydrogen) atoms. The first-order valence-corrected chi connectivity index (χ1v) is 8.45. The quantitative estimate of drug-likeness (QED) is 0.601. The molecule has 1 unspecified atom stereocenters. The van der Waals surface area contributed by atoms with E-state index in [-0.39, 0.29) is 0 Å². The van der Waals surface area contributed by atoms with Crippen molar-refractivity contribution in [2.75, 3.05) is 13.7 Å². The summed E-state index contributed by atoms with van der Waals surface area (Å²) in [6, 6.07) is 10.4. The molecule has 0 spiro atoms. The lowest BCUT2D eigenvalue weighted by Crippen LogP contribution is -2.08. The SMILES string of the molecule is C=CCC.CCCCC(CC)COCc1ccccc1.CO. The molecule has 0 bridgehead atoms. The van der Waals surface area contributed by atoms with Gasteiger partial charge in [0.05, 0.1) is 6.61 Å². The van der Waals surface area contributed by atoms with Crippen LogP contribution >= 0.6 is 0 Å². The van der Waals surface area contributed by atoms with Crippen LogP contribution in [-0.2, 0) is 11.3 Å². The Morgan fingerprint density at radius 1 is 1.14 bits per heavy atom. The predicted molar refractivity (Wildman–Crippen MR) is 98.0 cm³/mol. The van der Waals surface area contributed by atoms with Crippen LogP contribution in [0.2, 0.25) is 0 Å². The number of allylic oxidation sites excluding steroid dienone is 1. The molecular formula is C20H36O2. The van der Waals surface area contributed by atoms with Gasteiger partial charge in [-0.25, -0.2) is 0 Å². The Balaban J connectivity index is 0. The highest BCUT2D eigenvalue weighted by Crippen LogP contribution is 2.13. The van der Waals surface area contributed by atoms with Gasteiger partial charge in [-0.05, 0) is 24.3 Å². The van der Waals surface area contributed by atoms with E-state index >= 15 is 0 Å². The summed E-state index contributed by atoms with van der Waals surface area (Å²) in [7, 11) is 1.00. The molecule has 0 saturated heterocycles. The summed E-state index contributed by atoms with van der Waals surface area (Å²) in [5, 5.41) is 7.00. The van der Waals surface area contributed by atoms with Crippen LogP contribution in [0.4, 0.5) is 0 Å². The van der Waals surface area contributed by atoms with E-state index in [1.54, 1.807) is 0 Å². The fourth-order valence-corrected chi connectivity index (χ4v) is 1.82. The van der Waals surface area contributed by atoms with E-state index < -0.39 is 0 Å². The smallest absolute Gasteiger partial charge is 0.0717 e. The molecule has 1 N–H and O–H groups in total. The van der Waals surface area contributed by atoms with E-state index in [4.69, 9.17) is 9.84 Å². The number of rotatable bonds is 9. The molecule has 0 aromatic heterocycles. The van der Waals surface area contributed by atoms with Gasteiger partial charge in [0.1, 0.15) is 0 Å². The van der Waals surface area contributed by atoms with E-state index in [9.17, 15) is 0 Å². The number of ether oxygens (including phenoxy) is 1. The number of benzene rings is 1. The largest absolute Gasteiger partial charge is 0.400 e. The van der Waals surface area contributed by atoms with Gasteiger partial charge in [-0.3, -0.25) is 0 Å². The van der Waals surface area contributed by atoms with Crippen LogP contribution in [0.1, 0.15) is 58.4 Å². The summed E-state index contributed by atoms with van der Waals surface area (Å²) in [5.74, 6) is 0.740. The van der Waals surface area contributed by atoms with Crippen LogP contribution < -0.4 is 0 Å². The zero-order valence-electron chi connectivity index (χ0n) is 15.1. The summed E-state index contributed by atoms with van der Waals surface area (Å²) in [5.41, 5.74) is 1.27.